The maximum absolute atomic E-state index is 14.2. The maximum atomic E-state index is 14.2. The summed E-state index contributed by atoms with van der Waals surface area (Å²) in [6.07, 6.45) is -0.736. The molecule has 0 atom stereocenters. The van der Waals surface area contributed by atoms with Gasteiger partial charge in [-0.3, -0.25) is 19.8 Å². The van der Waals surface area contributed by atoms with Gasteiger partial charge in [0.15, 0.2) is 0 Å². The molecule has 2 aromatic rings. The van der Waals surface area contributed by atoms with Gasteiger partial charge in [-0.15, -0.1) is 0 Å². The van der Waals surface area contributed by atoms with E-state index in [9.17, 15) is 18.8 Å². The second-order valence-corrected chi connectivity index (χ2v) is 6.33. The Hall–Kier alpha value is -3.46. The van der Waals surface area contributed by atoms with Crippen molar-refractivity contribution in [1.82, 2.24) is 10.2 Å². The van der Waals surface area contributed by atoms with E-state index in [4.69, 9.17) is 9.84 Å². The molecule has 0 spiro atoms. The Kier molecular flexibility index (Phi) is 7.67. The Morgan fingerprint density at radius 2 is 2.03 bits per heavy atom. The molecule has 0 aliphatic heterocycles. The van der Waals surface area contributed by atoms with E-state index >= 15 is 0 Å². The van der Waals surface area contributed by atoms with Gasteiger partial charge in [-0.05, 0) is 24.7 Å². The Bertz CT molecular complexity index is 904. The van der Waals surface area contributed by atoms with Crippen LogP contribution in [-0.2, 0) is 17.9 Å². The molecule has 0 unspecified atom stereocenters. The van der Waals surface area contributed by atoms with Crippen LogP contribution < -0.4 is 15.4 Å². The van der Waals surface area contributed by atoms with Gasteiger partial charge in [0.1, 0.15) is 17.9 Å². The molecule has 0 heterocycles. The highest BCUT2D eigenvalue weighted by molar-refractivity contribution is 5.92. The number of benzene rings is 2. The third-order valence-corrected chi connectivity index (χ3v) is 4.16. The molecule has 154 valence electrons. The summed E-state index contributed by atoms with van der Waals surface area (Å²) >= 11 is 0. The van der Waals surface area contributed by atoms with Crippen LogP contribution in [0.4, 0.5) is 14.9 Å². The van der Waals surface area contributed by atoms with E-state index < -0.39 is 17.8 Å². The highest BCUT2D eigenvalue weighted by atomic mass is 19.1. The maximum Gasteiger partial charge on any atom is 0.411 e. The van der Waals surface area contributed by atoms with Crippen LogP contribution in [0.15, 0.2) is 36.4 Å². The van der Waals surface area contributed by atoms with Gasteiger partial charge in [-0.1, -0.05) is 18.2 Å². The van der Waals surface area contributed by atoms with Crippen LogP contribution in [0.1, 0.15) is 21.5 Å². The zero-order chi connectivity index (χ0) is 21.4. The molecule has 8 nitrogen and oxygen atoms in total. The second-order valence-electron chi connectivity index (χ2n) is 6.33. The van der Waals surface area contributed by atoms with E-state index in [0.29, 0.717) is 34.4 Å². The fourth-order valence-electron chi connectivity index (χ4n) is 2.78. The van der Waals surface area contributed by atoms with Crippen LogP contribution in [0, 0.1) is 5.82 Å². The van der Waals surface area contributed by atoms with E-state index in [1.165, 1.54) is 13.2 Å². The lowest BCUT2D eigenvalue weighted by Gasteiger charge is -2.20. The molecule has 0 aliphatic rings. The fraction of sp³-hybridized carbons (Fsp3) is 0.250. The average molecular weight is 403 g/mol. The number of aldehydes is 1. The first-order valence-corrected chi connectivity index (χ1v) is 8.68. The smallest absolute Gasteiger partial charge is 0.411 e. The summed E-state index contributed by atoms with van der Waals surface area (Å²) in [6.45, 7) is 0.204. The van der Waals surface area contributed by atoms with Crippen molar-refractivity contribution in [3.63, 3.8) is 0 Å². The van der Waals surface area contributed by atoms with Crippen LogP contribution in [0.5, 0.6) is 5.75 Å². The number of carbonyl (C=O) groups is 3. The van der Waals surface area contributed by atoms with Crippen LogP contribution in [-0.4, -0.2) is 49.0 Å². The predicted molar refractivity (Wildman–Crippen MR) is 105 cm³/mol. The number of ether oxygens (including phenoxy) is 1. The number of carboxylic acid groups (broad SMARTS) is 1. The lowest BCUT2D eigenvalue weighted by molar-refractivity contribution is -0.121. The van der Waals surface area contributed by atoms with Crippen molar-refractivity contribution in [3.05, 3.63) is 58.9 Å². The van der Waals surface area contributed by atoms with Crippen molar-refractivity contribution in [2.75, 3.05) is 26.0 Å². The highest BCUT2D eigenvalue weighted by Gasteiger charge is 2.15. The van der Waals surface area contributed by atoms with Gasteiger partial charge in [0.2, 0.25) is 5.91 Å². The second kappa shape index (κ2) is 10.2. The first-order chi connectivity index (χ1) is 13.8. The van der Waals surface area contributed by atoms with Gasteiger partial charge >= 0.3 is 6.09 Å². The Balaban J connectivity index is 2.15. The number of likely N-dealkylation sites (N-methyl/N-ethyl adjacent to an activating group) is 1. The minimum absolute atomic E-state index is 0.175. The third kappa shape index (κ3) is 6.28. The Morgan fingerprint density at radius 1 is 1.28 bits per heavy atom. The number of nitrogens with zero attached hydrogens (tertiary/aromatic N) is 1. The molecule has 0 bridgehead atoms. The number of methoxy groups -OCH3 is 1. The Labute approximate surface area is 167 Å². The number of anilines is 1. The molecular formula is C20H22FN3O5. The number of carbonyl (C=O) groups excluding carboxylic acids is 2. The van der Waals surface area contributed by atoms with Crippen molar-refractivity contribution in [1.29, 1.82) is 0 Å². The summed E-state index contributed by atoms with van der Waals surface area (Å²) in [5, 5.41) is 13.5. The number of imide groups is 1. The molecule has 0 aliphatic carbocycles. The number of halogens is 1. The highest BCUT2D eigenvalue weighted by Crippen LogP contribution is 2.23. The zero-order valence-electron chi connectivity index (χ0n) is 16.1. The molecule has 2 amide bonds. The molecule has 0 aromatic heterocycles. The minimum atomic E-state index is -1.43. The lowest BCUT2D eigenvalue weighted by Crippen LogP contribution is -2.37. The van der Waals surface area contributed by atoms with Gasteiger partial charge in [0, 0.05) is 36.0 Å². The largest absolute Gasteiger partial charge is 0.497 e. The topological polar surface area (TPSA) is 108 Å². The molecule has 9 heteroatoms. The van der Waals surface area contributed by atoms with Gasteiger partial charge in [0.25, 0.3) is 0 Å². The fourth-order valence-corrected chi connectivity index (χ4v) is 2.78. The van der Waals surface area contributed by atoms with Crippen LogP contribution >= 0.6 is 0 Å². The standard InChI is InChI=1S/C20H22FN3O5/c1-24(11-19(26)23-20(27)28)10-16-14(12-25)4-3-5-18(16)22-9-13-6-7-15(29-2)8-17(13)21/h3-8,12,22H,9-11H2,1-2H3,(H,23,26)(H,27,28). The van der Waals surface area contributed by atoms with Crippen molar-refractivity contribution < 1.29 is 28.6 Å². The van der Waals surface area contributed by atoms with Crippen LogP contribution in [0.3, 0.4) is 0 Å². The number of rotatable bonds is 9. The molecule has 3 N–H and O–H groups in total. The summed E-state index contributed by atoms with van der Waals surface area (Å²) in [6, 6.07) is 9.61. The average Bonchev–Trinajstić information content (AvgIpc) is 2.66. The third-order valence-electron chi connectivity index (χ3n) is 4.16. The van der Waals surface area contributed by atoms with Crippen molar-refractivity contribution in [2.45, 2.75) is 13.1 Å². The van der Waals surface area contributed by atoms with Gasteiger partial charge in [0.05, 0.1) is 13.7 Å². The van der Waals surface area contributed by atoms with E-state index in [1.54, 1.807) is 47.6 Å². The lowest BCUT2D eigenvalue weighted by atomic mass is 10.0. The molecular weight excluding hydrogens is 381 g/mol. The van der Waals surface area contributed by atoms with Gasteiger partial charge in [-0.25, -0.2) is 9.18 Å². The number of amides is 2. The van der Waals surface area contributed by atoms with E-state index in [2.05, 4.69) is 5.32 Å². The van der Waals surface area contributed by atoms with Crippen LogP contribution in [0.25, 0.3) is 0 Å². The quantitative estimate of drug-likeness (QED) is 0.552. The van der Waals surface area contributed by atoms with Gasteiger partial charge in [-0.2, -0.15) is 0 Å². The van der Waals surface area contributed by atoms with Crippen LogP contribution in [0.2, 0.25) is 0 Å². The molecule has 2 rings (SSSR count). The van der Waals surface area contributed by atoms with E-state index in [-0.39, 0.29) is 19.6 Å². The summed E-state index contributed by atoms with van der Waals surface area (Å²) in [4.78, 5) is 35.2. The number of nitrogens with one attached hydrogen (secondary N) is 2. The first kappa shape index (κ1) is 21.8. The molecule has 0 fully saturated rings. The molecule has 29 heavy (non-hydrogen) atoms. The summed E-state index contributed by atoms with van der Waals surface area (Å²) < 4.78 is 19.2. The number of hydrogen-bond acceptors (Lipinski definition) is 6. The van der Waals surface area contributed by atoms with Crippen molar-refractivity contribution in [2.24, 2.45) is 0 Å². The SMILES string of the molecule is COc1ccc(CNc2cccc(C=O)c2CN(C)CC(=O)NC(=O)O)c(F)c1. The summed E-state index contributed by atoms with van der Waals surface area (Å²) in [7, 11) is 3.08. The van der Waals surface area contributed by atoms with Crippen molar-refractivity contribution >= 4 is 24.0 Å². The summed E-state index contributed by atoms with van der Waals surface area (Å²) in [5.41, 5.74) is 2.05. The normalized spacial score (nSPS) is 10.5. The Morgan fingerprint density at radius 3 is 2.66 bits per heavy atom. The molecule has 0 saturated heterocycles. The summed E-state index contributed by atoms with van der Waals surface area (Å²) in [5.74, 6) is -0.693. The van der Waals surface area contributed by atoms with Gasteiger partial charge < -0.3 is 15.2 Å². The monoisotopic (exact) mass is 403 g/mol. The van der Waals surface area contributed by atoms with E-state index in [1.807, 2.05) is 0 Å². The van der Waals surface area contributed by atoms with Crippen molar-refractivity contribution in [3.8, 4) is 5.75 Å². The predicted octanol–water partition coefficient (Wildman–Crippen LogP) is 2.48. The first-order valence-electron chi connectivity index (χ1n) is 8.68. The van der Waals surface area contributed by atoms with E-state index in [0.717, 1.165) is 0 Å². The minimum Gasteiger partial charge on any atom is -0.497 e. The molecule has 0 saturated carbocycles. The zero-order valence-corrected chi connectivity index (χ0v) is 16.1. The number of hydrogen-bond donors (Lipinski definition) is 3. The molecule has 2 aromatic carbocycles. The molecule has 0 radical (unpaired) electrons.